The molecule has 21 heavy (non-hydrogen) atoms. The molecule has 10 heteroatoms. The largest absolute Gasteiger partial charge is 0.481 e. The SMILES string of the molecule is CCn1c(SCC(=O)O)nnc1N(C)C1CCS(=O)(=O)C1. The number of carboxylic acid groups (broad SMARTS) is 1. The Bertz CT molecular complexity index is 628. The molecule has 1 N–H and O–H groups in total. The summed E-state index contributed by atoms with van der Waals surface area (Å²) in [5.41, 5.74) is 0. The van der Waals surface area contributed by atoms with Gasteiger partial charge in [0.1, 0.15) is 0 Å². The van der Waals surface area contributed by atoms with Crippen LogP contribution in [0.4, 0.5) is 5.95 Å². The molecule has 8 nitrogen and oxygen atoms in total. The number of sulfone groups is 1. The first-order valence-electron chi connectivity index (χ1n) is 6.55. The van der Waals surface area contributed by atoms with Gasteiger partial charge in [-0.05, 0) is 13.3 Å². The molecule has 2 rings (SSSR count). The molecule has 0 saturated carbocycles. The summed E-state index contributed by atoms with van der Waals surface area (Å²) in [5, 5.41) is 17.4. The van der Waals surface area contributed by atoms with Gasteiger partial charge < -0.3 is 10.0 Å². The Labute approximate surface area is 127 Å². The first-order chi connectivity index (χ1) is 9.84. The molecule has 0 amide bonds. The Kier molecular flexibility index (Phi) is 4.77. The molecule has 118 valence electrons. The van der Waals surface area contributed by atoms with E-state index < -0.39 is 15.8 Å². The molecule has 1 aliphatic heterocycles. The minimum atomic E-state index is -2.96. The van der Waals surface area contributed by atoms with E-state index in [1.165, 1.54) is 0 Å². The van der Waals surface area contributed by atoms with E-state index in [4.69, 9.17) is 5.11 Å². The predicted molar refractivity (Wildman–Crippen MR) is 79.5 cm³/mol. The minimum Gasteiger partial charge on any atom is -0.481 e. The normalized spacial score (nSPS) is 20.6. The van der Waals surface area contributed by atoms with Crippen LogP contribution >= 0.6 is 11.8 Å². The Morgan fingerprint density at radius 1 is 1.52 bits per heavy atom. The van der Waals surface area contributed by atoms with E-state index in [2.05, 4.69) is 10.2 Å². The number of aromatic nitrogens is 3. The molecule has 2 heterocycles. The van der Waals surface area contributed by atoms with Crippen LogP contribution in [0.1, 0.15) is 13.3 Å². The second-order valence-corrected chi connectivity index (χ2v) is 8.05. The molecule has 0 aromatic carbocycles. The van der Waals surface area contributed by atoms with E-state index in [9.17, 15) is 13.2 Å². The molecule has 1 atom stereocenters. The number of rotatable bonds is 6. The van der Waals surface area contributed by atoms with Gasteiger partial charge in [0.2, 0.25) is 5.95 Å². The quantitative estimate of drug-likeness (QED) is 0.730. The van der Waals surface area contributed by atoms with Crippen molar-refractivity contribution in [2.24, 2.45) is 0 Å². The zero-order valence-corrected chi connectivity index (χ0v) is 13.5. The number of nitrogens with zero attached hydrogens (tertiary/aromatic N) is 4. The van der Waals surface area contributed by atoms with Crippen LogP contribution < -0.4 is 4.90 Å². The summed E-state index contributed by atoms with van der Waals surface area (Å²) in [4.78, 5) is 12.5. The van der Waals surface area contributed by atoms with Crippen molar-refractivity contribution in [1.82, 2.24) is 14.8 Å². The molecular formula is C11H18N4O4S2. The maximum absolute atomic E-state index is 11.6. The van der Waals surface area contributed by atoms with Gasteiger partial charge >= 0.3 is 5.97 Å². The molecule has 1 fully saturated rings. The highest BCUT2D eigenvalue weighted by Gasteiger charge is 2.32. The lowest BCUT2D eigenvalue weighted by Crippen LogP contribution is -2.34. The Morgan fingerprint density at radius 3 is 2.76 bits per heavy atom. The fraction of sp³-hybridized carbons (Fsp3) is 0.727. The van der Waals surface area contributed by atoms with Gasteiger partial charge in [-0.25, -0.2) is 8.42 Å². The molecule has 0 aliphatic carbocycles. The van der Waals surface area contributed by atoms with Crippen molar-refractivity contribution >= 4 is 33.5 Å². The number of aliphatic carboxylic acids is 1. The third-order valence-electron chi connectivity index (χ3n) is 3.41. The molecule has 1 aromatic rings. The molecule has 0 radical (unpaired) electrons. The summed E-state index contributed by atoms with van der Waals surface area (Å²) in [6.07, 6.45) is 0.576. The summed E-state index contributed by atoms with van der Waals surface area (Å²) in [5.74, 6) is -0.102. The van der Waals surface area contributed by atoms with Crippen molar-refractivity contribution in [3.8, 4) is 0 Å². The van der Waals surface area contributed by atoms with Gasteiger partial charge in [-0.2, -0.15) is 0 Å². The Morgan fingerprint density at radius 2 is 2.24 bits per heavy atom. The predicted octanol–water partition coefficient (Wildman–Crippen LogP) is 0.0980. The van der Waals surface area contributed by atoms with Crippen molar-refractivity contribution in [2.75, 3.05) is 29.2 Å². The van der Waals surface area contributed by atoms with Crippen molar-refractivity contribution in [2.45, 2.75) is 31.1 Å². The van der Waals surface area contributed by atoms with E-state index in [0.717, 1.165) is 11.8 Å². The summed E-state index contributed by atoms with van der Waals surface area (Å²) < 4.78 is 25.0. The van der Waals surface area contributed by atoms with Crippen molar-refractivity contribution < 1.29 is 18.3 Å². The van der Waals surface area contributed by atoms with E-state index in [-0.39, 0.29) is 23.3 Å². The number of hydrogen-bond acceptors (Lipinski definition) is 7. The molecule has 0 bridgehead atoms. The zero-order chi connectivity index (χ0) is 15.6. The maximum atomic E-state index is 11.6. The Hall–Kier alpha value is -1.29. The number of carboxylic acids is 1. The standard InChI is InChI=1S/C11H18N4O4S2/c1-3-15-10(12-13-11(15)20-6-9(16)17)14(2)8-4-5-21(18,19)7-8/h8H,3-7H2,1-2H3,(H,16,17). The summed E-state index contributed by atoms with van der Waals surface area (Å²) in [6, 6.07) is -0.109. The monoisotopic (exact) mass is 334 g/mol. The number of hydrogen-bond donors (Lipinski definition) is 1. The Balaban J connectivity index is 2.17. The lowest BCUT2D eigenvalue weighted by molar-refractivity contribution is -0.133. The lowest BCUT2D eigenvalue weighted by Gasteiger charge is -2.24. The van der Waals surface area contributed by atoms with Gasteiger partial charge in [0.05, 0.1) is 17.3 Å². The second-order valence-electron chi connectivity index (χ2n) is 4.88. The van der Waals surface area contributed by atoms with Crippen molar-refractivity contribution in [3.05, 3.63) is 0 Å². The minimum absolute atomic E-state index is 0.0837. The molecule has 1 saturated heterocycles. The van der Waals surface area contributed by atoms with E-state index >= 15 is 0 Å². The number of carbonyl (C=O) groups is 1. The first kappa shape index (κ1) is 16.1. The average Bonchev–Trinajstić information content (AvgIpc) is 2.98. The first-order valence-corrected chi connectivity index (χ1v) is 9.36. The molecule has 1 aliphatic rings. The van der Waals surface area contributed by atoms with Crippen LogP contribution in [-0.4, -0.2) is 64.6 Å². The van der Waals surface area contributed by atoms with Gasteiger partial charge in [-0.1, -0.05) is 11.8 Å². The topological polar surface area (TPSA) is 105 Å². The highest BCUT2D eigenvalue weighted by Crippen LogP contribution is 2.25. The molecular weight excluding hydrogens is 316 g/mol. The third-order valence-corrected chi connectivity index (χ3v) is 6.11. The van der Waals surface area contributed by atoms with E-state index in [1.54, 1.807) is 11.6 Å². The highest BCUT2D eigenvalue weighted by atomic mass is 32.2. The van der Waals surface area contributed by atoms with E-state index in [0.29, 0.717) is 24.1 Å². The van der Waals surface area contributed by atoms with Crippen LogP contribution in [0.25, 0.3) is 0 Å². The van der Waals surface area contributed by atoms with Gasteiger partial charge in [0.15, 0.2) is 15.0 Å². The molecule has 1 unspecified atom stereocenters. The maximum Gasteiger partial charge on any atom is 0.313 e. The summed E-state index contributed by atoms with van der Waals surface area (Å²) in [6.45, 7) is 2.50. The van der Waals surface area contributed by atoms with Crippen LogP contribution in [0.5, 0.6) is 0 Å². The van der Waals surface area contributed by atoms with Gasteiger partial charge in [0, 0.05) is 19.6 Å². The van der Waals surface area contributed by atoms with E-state index in [1.807, 2.05) is 11.8 Å². The average molecular weight is 334 g/mol. The number of anilines is 1. The van der Waals surface area contributed by atoms with Crippen LogP contribution in [0.2, 0.25) is 0 Å². The number of thioether (sulfide) groups is 1. The highest BCUT2D eigenvalue weighted by molar-refractivity contribution is 7.99. The van der Waals surface area contributed by atoms with Crippen LogP contribution in [0, 0.1) is 0 Å². The summed E-state index contributed by atoms with van der Waals surface area (Å²) >= 11 is 1.11. The zero-order valence-electron chi connectivity index (χ0n) is 11.9. The fourth-order valence-corrected chi connectivity index (χ4v) is 4.79. The van der Waals surface area contributed by atoms with Crippen molar-refractivity contribution in [1.29, 1.82) is 0 Å². The van der Waals surface area contributed by atoms with Crippen LogP contribution in [0.15, 0.2) is 5.16 Å². The van der Waals surface area contributed by atoms with Gasteiger partial charge in [-0.3, -0.25) is 9.36 Å². The second kappa shape index (κ2) is 6.22. The van der Waals surface area contributed by atoms with Gasteiger partial charge in [-0.15, -0.1) is 10.2 Å². The fourth-order valence-electron chi connectivity index (χ4n) is 2.30. The van der Waals surface area contributed by atoms with Gasteiger partial charge in [0.25, 0.3) is 0 Å². The van der Waals surface area contributed by atoms with Crippen molar-refractivity contribution in [3.63, 3.8) is 0 Å². The van der Waals surface area contributed by atoms with Crippen LogP contribution in [-0.2, 0) is 21.2 Å². The molecule has 0 spiro atoms. The molecule has 1 aromatic heterocycles. The third kappa shape index (κ3) is 3.67. The summed E-state index contributed by atoms with van der Waals surface area (Å²) in [7, 11) is -1.17. The van der Waals surface area contributed by atoms with Crippen LogP contribution in [0.3, 0.4) is 0 Å². The smallest absolute Gasteiger partial charge is 0.313 e. The lowest BCUT2D eigenvalue weighted by atomic mass is 10.2.